The highest BCUT2D eigenvalue weighted by molar-refractivity contribution is 6.24. The Balaban J connectivity index is 2.27. The number of esters is 1. The summed E-state index contributed by atoms with van der Waals surface area (Å²) in [6, 6.07) is 6.84. The lowest BCUT2D eigenvalue weighted by molar-refractivity contribution is -0.175. The van der Waals surface area contributed by atoms with Gasteiger partial charge in [-0.1, -0.05) is 12.1 Å². The molecule has 7 nitrogen and oxygen atoms in total. The third-order valence-electron chi connectivity index (χ3n) is 3.31. The predicted molar refractivity (Wildman–Crippen MR) is 91.5 cm³/mol. The van der Waals surface area contributed by atoms with Crippen molar-refractivity contribution < 1.29 is 32.2 Å². The number of rotatable bonds is 5. The van der Waals surface area contributed by atoms with Gasteiger partial charge in [0.15, 0.2) is 0 Å². The number of aliphatic imine (C=N–C) groups is 1. The number of alkyl halides is 3. The molecule has 1 amide bonds. The molecule has 0 spiro atoms. The molecule has 1 aromatic carbocycles. The molecule has 1 aliphatic rings. The fourth-order valence-electron chi connectivity index (χ4n) is 2.27. The van der Waals surface area contributed by atoms with Gasteiger partial charge in [0, 0.05) is 5.70 Å². The molecule has 146 valence electrons. The van der Waals surface area contributed by atoms with Gasteiger partial charge < -0.3 is 20.1 Å². The van der Waals surface area contributed by atoms with Gasteiger partial charge in [0.2, 0.25) is 0 Å². The van der Waals surface area contributed by atoms with Gasteiger partial charge in [-0.2, -0.15) is 13.2 Å². The van der Waals surface area contributed by atoms with Crippen molar-refractivity contribution in [1.29, 1.82) is 0 Å². The van der Waals surface area contributed by atoms with Crippen LogP contribution in [0.2, 0.25) is 0 Å². The van der Waals surface area contributed by atoms with Crippen LogP contribution < -0.4 is 10.6 Å². The molecule has 2 N–H and O–H groups in total. The summed E-state index contributed by atoms with van der Waals surface area (Å²) in [7, 11) is 0. The molecule has 0 unspecified atom stereocenters. The predicted octanol–water partition coefficient (Wildman–Crippen LogP) is 2.67. The molecule has 27 heavy (non-hydrogen) atoms. The van der Waals surface area contributed by atoms with Crippen molar-refractivity contribution in [1.82, 2.24) is 5.32 Å². The third-order valence-corrected chi connectivity index (χ3v) is 3.31. The number of hydrogen-bond donors (Lipinski definition) is 2. The topological polar surface area (TPSA) is 89.0 Å². The summed E-state index contributed by atoms with van der Waals surface area (Å²) in [5.41, 5.74) is 1.36. The van der Waals surface area contributed by atoms with Crippen LogP contribution in [-0.2, 0) is 19.1 Å². The number of anilines is 1. The number of ether oxygens (including phenoxy) is 2. The number of benzene rings is 1. The summed E-state index contributed by atoms with van der Waals surface area (Å²) in [4.78, 5) is 28.5. The molecular formula is C17H18F3N3O4. The van der Waals surface area contributed by atoms with Gasteiger partial charge in [0.1, 0.15) is 24.6 Å². The van der Waals surface area contributed by atoms with E-state index in [4.69, 9.17) is 4.74 Å². The van der Waals surface area contributed by atoms with Gasteiger partial charge in [-0.25, -0.2) is 9.79 Å². The lowest BCUT2D eigenvalue weighted by atomic mass is 10.2. The Morgan fingerprint density at radius 3 is 2.63 bits per heavy atom. The van der Waals surface area contributed by atoms with E-state index in [0.717, 1.165) is 0 Å². The molecule has 0 saturated carbocycles. The van der Waals surface area contributed by atoms with Crippen molar-refractivity contribution in [3.63, 3.8) is 0 Å². The zero-order valence-electron chi connectivity index (χ0n) is 14.6. The Bertz CT molecular complexity index is 788. The number of nitrogens with one attached hydrogen (secondary N) is 2. The quantitative estimate of drug-likeness (QED) is 0.761. The minimum Gasteiger partial charge on any atom is -0.462 e. The summed E-state index contributed by atoms with van der Waals surface area (Å²) >= 11 is 0. The van der Waals surface area contributed by atoms with Gasteiger partial charge in [-0.3, -0.25) is 4.79 Å². The van der Waals surface area contributed by atoms with Crippen molar-refractivity contribution in [2.45, 2.75) is 20.0 Å². The highest BCUT2D eigenvalue weighted by Crippen LogP contribution is 2.30. The van der Waals surface area contributed by atoms with Crippen molar-refractivity contribution in [2.75, 3.05) is 25.1 Å². The SMILES string of the molecule is CCOC(=O)C1=C(C)Nc2ccccc2N=C1NC(=O)COCC(F)(F)F. The molecule has 1 aromatic rings. The second-order valence-corrected chi connectivity index (χ2v) is 5.48. The van der Waals surface area contributed by atoms with Crippen LogP contribution in [0, 0.1) is 0 Å². The Labute approximate surface area is 153 Å². The monoisotopic (exact) mass is 385 g/mol. The minimum absolute atomic E-state index is 0.0304. The Kier molecular flexibility index (Phi) is 6.56. The average molecular weight is 385 g/mol. The summed E-state index contributed by atoms with van der Waals surface area (Å²) in [5.74, 6) is -1.75. The molecule has 0 radical (unpaired) electrons. The van der Waals surface area contributed by atoms with E-state index in [1.165, 1.54) is 0 Å². The summed E-state index contributed by atoms with van der Waals surface area (Å²) in [6.07, 6.45) is -4.55. The molecule has 0 saturated heterocycles. The zero-order chi connectivity index (χ0) is 20.0. The fraction of sp³-hybridized carbons (Fsp3) is 0.353. The van der Waals surface area contributed by atoms with Gasteiger partial charge in [-0.15, -0.1) is 0 Å². The Morgan fingerprint density at radius 2 is 1.96 bits per heavy atom. The van der Waals surface area contributed by atoms with E-state index >= 15 is 0 Å². The van der Waals surface area contributed by atoms with Crippen LogP contribution in [0.4, 0.5) is 24.5 Å². The van der Waals surface area contributed by atoms with Crippen LogP contribution in [0.15, 0.2) is 40.5 Å². The molecule has 0 aliphatic carbocycles. The van der Waals surface area contributed by atoms with Crippen LogP contribution in [-0.4, -0.2) is 43.7 Å². The number of amidine groups is 1. The normalized spacial score (nSPS) is 13.9. The summed E-state index contributed by atoms with van der Waals surface area (Å²) < 4.78 is 45.7. The second-order valence-electron chi connectivity index (χ2n) is 5.48. The molecule has 1 heterocycles. The van der Waals surface area contributed by atoms with E-state index < -0.39 is 31.3 Å². The van der Waals surface area contributed by atoms with Crippen LogP contribution in [0.1, 0.15) is 13.8 Å². The summed E-state index contributed by atoms with van der Waals surface area (Å²) in [5, 5.41) is 5.34. The van der Waals surface area contributed by atoms with E-state index in [1.54, 1.807) is 38.1 Å². The molecule has 10 heteroatoms. The largest absolute Gasteiger partial charge is 0.462 e. The number of amides is 1. The Morgan fingerprint density at radius 1 is 1.26 bits per heavy atom. The first-order valence-electron chi connectivity index (χ1n) is 7.98. The highest BCUT2D eigenvalue weighted by Gasteiger charge is 2.29. The van der Waals surface area contributed by atoms with Crippen LogP contribution in [0.5, 0.6) is 0 Å². The van der Waals surface area contributed by atoms with Gasteiger partial charge in [-0.05, 0) is 26.0 Å². The van der Waals surface area contributed by atoms with E-state index in [0.29, 0.717) is 17.1 Å². The first kappa shape index (κ1) is 20.4. The van der Waals surface area contributed by atoms with Gasteiger partial charge >= 0.3 is 12.1 Å². The first-order valence-corrected chi connectivity index (χ1v) is 7.98. The number of para-hydroxylation sites is 2. The number of carbonyl (C=O) groups is 2. The molecule has 0 atom stereocenters. The number of halogens is 3. The van der Waals surface area contributed by atoms with Crippen molar-refractivity contribution in [3.05, 3.63) is 35.5 Å². The first-order chi connectivity index (χ1) is 12.7. The fourth-order valence-corrected chi connectivity index (χ4v) is 2.27. The molecule has 1 aliphatic heterocycles. The van der Waals surface area contributed by atoms with Gasteiger partial charge in [0.25, 0.3) is 5.91 Å². The maximum Gasteiger partial charge on any atom is 0.411 e. The smallest absolute Gasteiger partial charge is 0.411 e. The third kappa shape index (κ3) is 5.81. The van der Waals surface area contributed by atoms with Crippen molar-refractivity contribution >= 4 is 29.1 Å². The summed E-state index contributed by atoms with van der Waals surface area (Å²) in [6.45, 7) is 0.904. The number of allylic oxidation sites excluding steroid dienone is 1. The van der Waals surface area contributed by atoms with Crippen molar-refractivity contribution in [2.24, 2.45) is 4.99 Å². The van der Waals surface area contributed by atoms with Gasteiger partial charge in [0.05, 0.1) is 18.0 Å². The maximum atomic E-state index is 12.3. The van der Waals surface area contributed by atoms with E-state index in [2.05, 4.69) is 20.4 Å². The molecule has 0 fully saturated rings. The lowest BCUT2D eigenvalue weighted by Gasteiger charge is -2.13. The Hall–Kier alpha value is -2.88. The van der Waals surface area contributed by atoms with Crippen LogP contribution in [0.25, 0.3) is 0 Å². The number of hydrogen-bond acceptors (Lipinski definition) is 6. The number of nitrogens with zero attached hydrogens (tertiary/aromatic N) is 1. The van der Waals surface area contributed by atoms with Crippen LogP contribution in [0.3, 0.4) is 0 Å². The second kappa shape index (κ2) is 8.67. The van der Waals surface area contributed by atoms with Crippen molar-refractivity contribution in [3.8, 4) is 0 Å². The average Bonchev–Trinajstić information content (AvgIpc) is 2.69. The van der Waals surface area contributed by atoms with E-state index in [9.17, 15) is 22.8 Å². The molecule has 0 aromatic heterocycles. The lowest BCUT2D eigenvalue weighted by Crippen LogP contribution is -2.38. The zero-order valence-corrected chi connectivity index (χ0v) is 14.6. The minimum atomic E-state index is -4.55. The number of carbonyl (C=O) groups excluding carboxylic acids is 2. The number of fused-ring (bicyclic) bond motifs is 1. The highest BCUT2D eigenvalue weighted by atomic mass is 19.4. The molecular weight excluding hydrogens is 367 g/mol. The van der Waals surface area contributed by atoms with E-state index in [-0.39, 0.29) is 18.0 Å². The molecule has 0 bridgehead atoms. The van der Waals surface area contributed by atoms with Crippen LogP contribution >= 0.6 is 0 Å². The maximum absolute atomic E-state index is 12.3. The van der Waals surface area contributed by atoms with E-state index in [1.807, 2.05) is 0 Å². The molecule has 2 rings (SSSR count). The standard InChI is InChI=1S/C17H18F3N3O4/c1-3-27-16(25)14-10(2)21-11-6-4-5-7-12(11)22-15(14)23-13(24)8-26-9-17(18,19)20/h4-7,21H,3,8-9H2,1-2H3,(H,22,23,24).